The number of rotatable bonds is 6. The van der Waals surface area contributed by atoms with Crippen LogP contribution >= 0.6 is 23.2 Å². The number of ether oxygens (including phenoxy) is 2. The highest BCUT2D eigenvalue weighted by atomic mass is 35.5. The number of aromatic amines is 1. The van der Waals surface area contributed by atoms with E-state index in [1.165, 1.54) is 14.2 Å². The van der Waals surface area contributed by atoms with E-state index in [4.69, 9.17) is 27.9 Å². The zero-order chi connectivity index (χ0) is 22.5. The molecule has 0 bridgehead atoms. The molecule has 11 heteroatoms. The van der Waals surface area contributed by atoms with Crippen molar-refractivity contribution in [3.63, 3.8) is 0 Å². The van der Waals surface area contributed by atoms with Crippen molar-refractivity contribution in [1.29, 1.82) is 0 Å². The maximum atomic E-state index is 13.2. The van der Waals surface area contributed by atoms with Crippen molar-refractivity contribution >= 4 is 41.2 Å². The Balaban J connectivity index is 1.88. The Morgan fingerprint density at radius 1 is 1.29 bits per heavy atom. The van der Waals surface area contributed by atoms with E-state index in [0.717, 1.165) is 5.69 Å². The van der Waals surface area contributed by atoms with Gasteiger partial charge in [0.2, 0.25) is 0 Å². The number of carbonyl (C=O) groups excluding carboxylic acids is 3. The van der Waals surface area contributed by atoms with Gasteiger partial charge in [0.25, 0.3) is 0 Å². The molecule has 2 N–H and O–H groups in total. The second kappa shape index (κ2) is 10.0. The molecule has 2 aromatic rings. The minimum absolute atomic E-state index is 0.0406. The van der Waals surface area contributed by atoms with Crippen LogP contribution in [0.4, 0.5) is 4.79 Å². The summed E-state index contributed by atoms with van der Waals surface area (Å²) < 4.78 is 9.39. The van der Waals surface area contributed by atoms with Crippen LogP contribution in [0, 0.1) is 0 Å². The van der Waals surface area contributed by atoms with Crippen LogP contribution in [0.2, 0.25) is 10.0 Å². The number of aromatic nitrogens is 2. The van der Waals surface area contributed by atoms with Gasteiger partial charge in [-0.2, -0.15) is 0 Å². The van der Waals surface area contributed by atoms with Crippen LogP contribution in [0.1, 0.15) is 35.8 Å². The number of halogens is 2. The van der Waals surface area contributed by atoms with E-state index in [0.29, 0.717) is 34.3 Å². The van der Waals surface area contributed by atoms with Gasteiger partial charge < -0.3 is 24.7 Å². The summed E-state index contributed by atoms with van der Waals surface area (Å²) in [6.45, 7) is 0.357. The summed E-state index contributed by atoms with van der Waals surface area (Å²) in [5, 5.41) is 3.53. The average molecular weight is 469 g/mol. The van der Waals surface area contributed by atoms with Crippen LogP contribution in [-0.2, 0) is 25.5 Å². The molecule has 0 spiro atoms. The first-order valence-electron chi connectivity index (χ1n) is 9.54. The number of urea groups is 1. The fraction of sp³-hybridized carbons (Fsp3) is 0.400. The molecule has 2 atom stereocenters. The third-order valence-electron chi connectivity index (χ3n) is 5.09. The van der Waals surface area contributed by atoms with Gasteiger partial charge in [0.05, 0.1) is 26.2 Å². The van der Waals surface area contributed by atoms with Crippen LogP contribution in [0.25, 0.3) is 0 Å². The van der Waals surface area contributed by atoms with Crippen LogP contribution in [-0.4, -0.2) is 59.6 Å². The molecule has 0 unspecified atom stereocenters. The fourth-order valence-corrected chi connectivity index (χ4v) is 4.03. The van der Waals surface area contributed by atoms with E-state index < -0.39 is 30.1 Å². The van der Waals surface area contributed by atoms with Gasteiger partial charge in [-0.3, -0.25) is 4.79 Å². The standard InChI is InChI=1S/C20H22Cl2N4O5/c1-30-16(27)6-5-15(19(28)31-2)25-20(29)26-8-7-14-17(24-10-23-14)18(26)12-4-3-11(21)9-13(12)22/h3-4,9-10,15,18H,5-8H2,1-2H3,(H,23,24)(H,25,29)/t15-,18-/m1/s1. The molecule has 2 heterocycles. The van der Waals surface area contributed by atoms with Crippen molar-refractivity contribution < 1.29 is 23.9 Å². The van der Waals surface area contributed by atoms with Gasteiger partial charge in [-0.15, -0.1) is 0 Å². The minimum atomic E-state index is -1.02. The summed E-state index contributed by atoms with van der Waals surface area (Å²) in [5.41, 5.74) is 2.21. The monoisotopic (exact) mass is 468 g/mol. The van der Waals surface area contributed by atoms with Crippen LogP contribution in [0.5, 0.6) is 0 Å². The molecular formula is C20H22Cl2N4O5. The third-order valence-corrected chi connectivity index (χ3v) is 5.65. The molecule has 0 saturated heterocycles. The number of methoxy groups -OCH3 is 2. The van der Waals surface area contributed by atoms with Gasteiger partial charge in [0.15, 0.2) is 0 Å². The number of H-pyrrole nitrogens is 1. The quantitative estimate of drug-likeness (QED) is 0.629. The lowest BCUT2D eigenvalue weighted by atomic mass is 9.96. The summed E-state index contributed by atoms with van der Waals surface area (Å²) in [7, 11) is 2.47. The van der Waals surface area contributed by atoms with E-state index >= 15 is 0 Å². The van der Waals surface area contributed by atoms with Crippen molar-refractivity contribution in [2.75, 3.05) is 20.8 Å². The molecule has 166 valence electrons. The number of imidazole rings is 1. The zero-order valence-electron chi connectivity index (χ0n) is 17.0. The van der Waals surface area contributed by atoms with E-state index in [2.05, 4.69) is 20.0 Å². The highest BCUT2D eigenvalue weighted by Crippen LogP contribution is 2.37. The Kier molecular flexibility index (Phi) is 7.40. The smallest absolute Gasteiger partial charge is 0.328 e. The Labute approximate surface area is 189 Å². The number of hydrogen-bond donors (Lipinski definition) is 2. The van der Waals surface area contributed by atoms with Crippen LogP contribution < -0.4 is 5.32 Å². The normalized spacial score (nSPS) is 16.3. The van der Waals surface area contributed by atoms with Gasteiger partial charge in [-0.1, -0.05) is 29.3 Å². The second-order valence-electron chi connectivity index (χ2n) is 6.92. The molecule has 31 heavy (non-hydrogen) atoms. The molecule has 0 fully saturated rings. The number of esters is 2. The van der Waals surface area contributed by atoms with E-state index in [1.54, 1.807) is 29.4 Å². The van der Waals surface area contributed by atoms with Crippen molar-refractivity contribution in [2.24, 2.45) is 0 Å². The van der Waals surface area contributed by atoms with Crippen molar-refractivity contribution in [3.8, 4) is 0 Å². The number of carbonyl (C=O) groups is 3. The highest BCUT2D eigenvalue weighted by Gasteiger charge is 2.36. The highest BCUT2D eigenvalue weighted by molar-refractivity contribution is 6.35. The molecule has 0 radical (unpaired) electrons. The Morgan fingerprint density at radius 3 is 2.74 bits per heavy atom. The molecule has 9 nitrogen and oxygen atoms in total. The molecule has 1 aliphatic heterocycles. The number of nitrogens with one attached hydrogen (secondary N) is 2. The topological polar surface area (TPSA) is 114 Å². The van der Waals surface area contributed by atoms with E-state index in [1.807, 2.05) is 0 Å². The Bertz CT molecular complexity index is 980. The molecule has 2 amide bonds. The SMILES string of the molecule is COC(=O)CC[C@@H](NC(=O)N1CCc2[nH]cnc2[C@H]1c1ccc(Cl)cc1Cl)C(=O)OC. The Morgan fingerprint density at radius 2 is 2.06 bits per heavy atom. The number of benzene rings is 1. The number of fused-ring (bicyclic) bond motifs is 1. The molecule has 1 aliphatic rings. The van der Waals surface area contributed by atoms with Gasteiger partial charge in [0, 0.05) is 35.1 Å². The molecule has 0 aliphatic carbocycles. The summed E-state index contributed by atoms with van der Waals surface area (Å²) in [6.07, 6.45) is 2.11. The number of nitrogens with zero attached hydrogens (tertiary/aromatic N) is 2. The zero-order valence-corrected chi connectivity index (χ0v) is 18.5. The first-order valence-corrected chi connectivity index (χ1v) is 10.3. The number of hydrogen-bond acceptors (Lipinski definition) is 6. The predicted molar refractivity (Wildman–Crippen MR) is 113 cm³/mol. The lowest BCUT2D eigenvalue weighted by Crippen LogP contribution is -2.51. The van der Waals surface area contributed by atoms with Gasteiger partial charge in [0.1, 0.15) is 12.1 Å². The molecule has 3 rings (SSSR count). The van der Waals surface area contributed by atoms with Gasteiger partial charge in [-0.05, 0) is 24.1 Å². The molecular weight excluding hydrogens is 447 g/mol. The lowest BCUT2D eigenvalue weighted by Gasteiger charge is -2.36. The average Bonchev–Trinajstić information content (AvgIpc) is 3.24. The largest absolute Gasteiger partial charge is 0.469 e. The van der Waals surface area contributed by atoms with Crippen molar-refractivity contribution in [3.05, 3.63) is 51.5 Å². The van der Waals surface area contributed by atoms with Crippen molar-refractivity contribution in [1.82, 2.24) is 20.2 Å². The summed E-state index contributed by atoms with van der Waals surface area (Å²) in [5.74, 6) is -1.15. The summed E-state index contributed by atoms with van der Waals surface area (Å²) >= 11 is 12.5. The fourth-order valence-electron chi connectivity index (χ4n) is 3.52. The first kappa shape index (κ1) is 22.9. The minimum Gasteiger partial charge on any atom is -0.469 e. The maximum Gasteiger partial charge on any atom is 0.328 e. The molecule has 0 saturated carbocycles. The second-order valence-corrected chi connectivity index (χ2v) is 7.76. The van der Waals surface area contributed by atoms with Crippen LogP contribution in [0.3, 0.4) is 0 Å². The third kappa shape index (κ3) is 5.11. The first-order chi connectivity index (χ1) is 14.8. The van der Waals surface area contributed by atoms with Gasteiger partial charge in [-0.25, -0.2) is 14.6 Å². The number of amides is 2. The lowest BCUT2D eigenvalue weighted by molar-refractivity contribution is -0.144. The predicted octanol–water partition coefficient (Wildman–Crippen LogP) is 2.87. The van der Waals surface area contributed by atoms with Gasteiger partial charge >= 0.3 is 18.0 Å². The molecule has 1 aromatic carbocycles. The van der Waals surface area contributed by atoms with Crippen molar-refractivity contribution in [2.45, 2.75) is 31.3 Å². The Hall–Kier alpha value is -2.78. The van der Waals surface area contributed by atoms with E-state index in [-0.39, 0.29) is 12.8 Å². The van der Waals surface area contributed by atoms with E-state index in [9.17, 15) is 14.4 Å². The summed E-state index contributed by atoms with van der Waals surface area (Å²) in [6, 6.07) is 2.92. The molecule has 1 aromatic heterocycles. The maximum absolute atomic E-state index is 13.2. The van der Waals surface area contributed by atoms with Crippen LogP contribution in [0.15, 0.2) is 24.5 Å². The summed E-state index contributed by atoms with van der Waals surface area (Å²) in [4.78, 5) is 45.9.